The molecule has 1 rings (SSSR count). The average Bonchev–Trinajstić information content (AvgIpc) is 2.02. The van der Waals surface area contributed by atoms with Gasteiger partial charge in [0.15, 0.2) is 0 Å². The molecule has 1 aliphatic heterocycles. The molecule has 0 saturated carbocycles. The van der Waals surface area contributed by atoms with Gasteiger partial charge in [0.2, 0.25) is 0 Å². The molecular weight excluding hydrogens is 145 g/mol. The van der Waals surface area contributed by atoms with Gasteiger partial charge in [-0.1, -0.05) is 13.8 Å². The number of alkyl halides is 1. The molecular formula is C8H18FNO. The van der Waals surface area contributed by atoms with Crippen LogP contribution in [-0.4, -0.2) is 42.4 Å². The van der Waals surface area contributed by atoms with Gasteiger partial charge in [-0.15, -0.1) is 0 Å². The maximum atomic E-state index is 12.5. The van der Waals surface area contributed by atoms with Crippen molar-refractivity contribution < 1.29 is 9.50 Å². The number of aliphatic hydroxyl groups excluding tert-OH is 1. The number of aliphatic hydroxyl groups is 1. The molecule has 0 aliphatic carbocycles. The summed E-state index contributed by atoms with van der Waals surface area (Å²) in [5.74, 6) is 0. The fraction of sp³-hybridized carbons (Fsp3) is 1.00. The average molecular weight is 163 g/mol. The van der Waals surface area contributed by atoms with Crippen LogP contribution >= 0.6 is 0 Å². The second-order valence-corrected chi connectivity index (χ2v) is 2.63. The highest BCUT2D eigenvalue weighted by Crippen LogP contribution is 2.11. The van der Waals surface area contributed by atoms with Gasteiger partial charge in [0.25, 0.3) is 0 Å². The zero-order valence-corrected chi connectivity index (χ0v) is 7.55. The monoisotopic (exact) mass is 163 g/mol. The third-order valence-corrected chi connectivity index (χ3v) is 1.71. The van der Waals surface area contributed by atoms with Gasteiger partial charge < -0.3 is 10.0 Å². The maximum Gasteiger partial charge on any atom is 0.138 e. The minimum Gasteiger partial charge on any atom is -0.390 e. The van der Waals surface area contributed by atoms with Gasteiger partial charge in [0, 0.05) is 13.1 Å². The van der Waals surface area contributed by atoms with E-state index in [1.54, 1.807) is 0 Å². The molecule has 68 valence electrons. The topological polar surface area (TPSA) is 23.5 Å². The molecule has 1 aliphatic rings. The predicted molar refractivity (Wildman–Crippen MR) is 44.4 cm³/mol. The standard InChI is InChI=1S/C6H12FNO.C2H6/c1-8-3-2-6(9)5(7)4-8;1-2/h5-6,9H,2-4H2,1H3;1-2H3. The Kier molecular flexibility index (Phi) is 5.42. The summed E-state index contributed by atoms with van der Waals surface area (Å²) in [5, 5.41) is 8.89. The molecule has 3 heteroatoms. The number of rotatable bonds is 0. The third kappa shape index (κ3) is 3.68. The highest BCUT2D eigenvalue weighted by molar-refractivity contribution is 4.77. The number of piperidine rings is 1. The molecule has 0 aromatic carbocycles. The van der Waals surface area contributed by atoms with E-state index in [-0.39, 0.29) is 0 Å². The second kappa shape index (κ2) is 5.49. The molecule has 11 heavy (non-hydrogen) atoms. The SMILES string of the molecule is CC.CN1CCC(O)C(F)C1. The minimum absolute atomic E-state index is 0.376. The van der Waals surface area contributed by atoms with Crippen molar-refractivity contribution in [1.82, 2.24) is 4.90 Å². The molecule has 2 nitrogen and oxygen atoms in total. The third-order valence-electron chi connectivity index (χ3n) is 1.71. The maximum absolute atomic E-state index is 12.5. The van der Waals surface area contributed by atoms with Crippen molar-refractivity contribution >= 4 is 0 Å². The lowest BCUT2D eigenvalue weighted by atomic mass is 10.1. The summed E-state index contributed by atoms with van der Waals surface area (Å²) < 4.78 is 12.5. The van der Waals surface area contributed by atoms with Crippen molar-refractivity contribution in [3.05, 3.63) is 0 Å². The van der Waals surface area contributed by atoms with Crippen LogP contribution in [0.2, 0.25) is 0 Å². The summed E-state index contributed by atoms with van der Waals surface area (Å²) in [6.45, 7) is 5.18. The van der Waals surface area contributed by atoms with E-state index in [4.69, 9.17) is 5.11 Å². The van der Waals surface area contributed by atoms with Gasteiger partial charge in [0.1, 0.15) is 6.17 Å². The van der Waals surface area contributed by atoms with E-state index in [1.165, 1.54) is 0 Å². The number of nitrogens with zero attached hydrogens (tertiary/aromatic N) is 1. The zero-order valence-electron chi connectivity index (χ0n) is 7.55. The van der Waals surface area contributed by atoms with Gasteiger partial charge >= 0.3 is 0 Å². The fourth-order valence-electron chi connectivity index (χ4n) is 1.04. The van der Waals surface area contributed by atoms with Crippen LogP contribution in [0.3, 0.4) is 0 Å². The first-order chi connectivity index (χ1) is 5.20. The van der Waals surface area contributed by atoms with Crippen LogP contribution in [0.15, 0.2) is 0 Å². The van der Waals surface area contributed by atoms with Crippen molar-refractivity contribution in [2.45, 2.75) is 32.5 Å². The van der Waals surface area contributed by atoms with E-state index >= 15 is 0 Å². The van der Waals surface area contributed by atoms with Crippen LogP contribution in [-0.2, 0) is 0 Å². The first-order valence-electron chi connectivity index (χ1n) is 4.21. The van der Waals surface area contributed by atoms with E-state index in [2.05, 4.69) is 0 Å². The van der Waals surface area contributed by atoms with E-state index in [0.717, 1.165) is 6.54 Å². The Morgan fingerprint density at radius 2 is 2.00 bits per heavy atom. The summed E-state index contributed by atoms with van der Waals surface area (Å²) in [6.07, 6.45) is -1.19. The van der Waals surface area contributed by atoms with Crippen molar-refractivity contribution in [3.63, 3.8) is 0 Å². The Balaban J connectivity index is 0.000000461. The predicted octanol–water partition coefficient (Wildman–Crippen LogP) is 1.05. The lowest BCUT2D eigenvalue weighted by Gasteiger charge is -2.28. The normalized spacial score (nSPS) is 32.5. The molecule has 1 saturated heterocycles. The van der Waals surface area contributed by atoms with E-state index in [9.17, 15) is 4.39 Å². The Morgan fingerprint density at radius 3 is 2.36 bits per heavy atom. The highest BCUT2D eigenvalue weighted by Gasteiger charge is 2.24. The number of hydrogen-bond donors (Lipinski definition) is 1. The van der Waals surface area contributed by atoms with Gasteiger partial charge in [-0.25, -0.2) is 4.39 Å². The number of hydrogen-bond acceptors (Lipinski definition) is 2. The van der Waals surface area contributed by atoms with Crippen LogP contribution in [0.25, 0.3) is 0 Å². The van der Waals surface area contributed by atoms with Gasteiger partial charge in [-0.2, -0.15) is 0 Å². The van der Waals surface area contributed by atoms with Crippen molar-refractivity contribution in [2.24, 2.45) is 0 Å². The minimum atomic E-state index is -1.04. The van der Waals surface area contributed by atoms with Crippen LogP contribution in [0.5, 0.6) is 0 Å². The summed E-state index contributed by atoms with van der Waals surface area (Å²) in [6, 6.07) is 0. The molecule has 2 unspecified atom stereocenters. The molecule has 1 N–H and O–H groups in total. The molecule has 0 aromatic heterocycles. The lowest BCUT2D eigenvalue weighted by Crippen LogP contribution is -2.42. The van der Waals surface area contributed by atoms with Gasteiger partial charge in [0.05, 0.1) is 6.10 Å². The van der Waals surface area contributed by atoms with E-state index in [0.29, 0.717) is 13.0 Å². The zero-order chi connectivity index (χ0) is 8.85. The second-order valence-electron chi connectivity index (χ2n) is 2.63. The highest BCUT2D eigenvalue weighted by atomic mass is 19.1. The Morgan fingerprint density at radius 1 is 1.45 bits per heavy atom. The molecule has 0 bridgehead atoms. The molecule has 0 radical (unpaired) electrons. The Hall–Kier alpha value is -0.150. The van der Waals surface area contributed by atoms with E-state index < -0.39 is 12.3 Å². The molecule has 2 atom stereocenters. The molecule has 0 aromatic rings. The number of likely N-dealkylation sites (tertiary alicyclic amines) is 1. The van der Waals surface area contributed by atoms with Crippen LogP contribution in [0.4, 0.5) is 4.39 Å². The van der Waals surface area contributed by atoms with Crippen molar-refractivity contribution in [1.29, 1.82) is 0 Å². The summed E-state index contributed by atoms with van der Waals surface area (Å²) in [5.41, 5.74) is 0. The smallest absolute Gasteiger partial charge is 0.138 e. The van der Waals surface area contributed by atoms with Gasteiger partial charge in [-0.3, -0.25) is 0 Å². The summed E-state index contributed by atoms with van der Waals surface area (Å²) in [4.78, 5) is 1.89. The quantitative estimate of drug-likeness (QED) is 0.577. The molecule has 0 spiro atoms. The molecule has 1 heterocycles. The first-order valence-corrected chi connectivity index (χ1v) is 4.21. The Bertz CT molecular complexity index is 100. The fourth-order valence-corrected chi connectivity index (χ4v) is 1.04. The van der Waals surface area contributed by atoms with Crippen LogP contribution in [0.1, 0.15) is 20.3 Å². The Labute approximate surface area is 68.0 Å². The summed E-state index contributed by atoms with van der Waals surface area (Å²) in [7, 11) is 1.86. The first kappa shape index (κ1) is 10.8. The lowest BCUT2D eigenvalue weighted by molar-refractivity contribution is 0.0149. The molecule has 1 fully saturated rings. The van der Waals surface area contributed by atoms with E-state index in [1.807, 2.05) is 25.8 Å². The van der Waals surface area contributed by atoms with Crippen molar-refractivity contribution in [2.75, 3.05) is 20.1 Å². The van der Waals surface area contributed by atoms with Crippen molar-refractivity contribution in [3.8, 4) is 0 Å². The van der Waals surface area contributed by atoms with Gasteiger partial charge in [-0.05, 0) is 13.5 Å². The molecule has 0 amide bonds. The number of halogens is 1. The van der Waals surface area contributed by atoms with Crippen LogP contribution < -0.4 is 0 Å². The largest absolute Gasteiger partial charge is 0.390 e. The summed E-state index contributed by atoms with van der Waals surface area (Å²) >= 11 is 0. The van der Waals surface area contributed by atoms with Crippen LogP contribution in [0, 0.1) is 0 Å².